The molecule has 2 aromatic rings. The first-order valence-corrected chi connectivity index (χ1v) is 10.7. The fourth-order valence-electron chi connectivity index (χ4n) is 4.53. The van der Waals surface area contributed by atoms with E-state index in [-0.39, 0.29) is 30.0 Å². The zero-order valence-corrected chi connectivity index (χ0v) is 19.0. The molecule has 1 fully saturated rings. The number of piperidine rings is 1. The van der Waals surface area contributed by atoms with Crippen LogP contribution in [0.5, 0.6) is 0 Å². The molecule has 0 bridgehead atoms. The molecule has 1 aromatic heterocycles. The molecule has 0 radical (unpaired) electrons. The average Bonchev–Trinajstić information content (AvgIpc) is 3.18. The van der Waals surface area contributed by atoms with E-state index in [4.69, 9.17) is 0 Å². The molecule has 5 nitrogen and oxygen atoms in total. The highest BCUT2D eigenvalue weighted by Gasteiger charge is 2.26. The SMILES string of the molecule is CCC1CCN(C(=O)Cc2c(C)[nH]c(/C=C3\C(=O)Nc4ccc(F)cc43)c2C)CC1.Cl. The van der Waals surface area contributed by atoms with Crippen molar-refractivity contribution >= 4 is 41.6 Å². The second-order valence-corrected chi connectivity index (χ2v) is 8.38. The molecule has 7 heteroatoms. The van der Waals surface area contributed by atoms with E-state index in [2.05, 4.69) is 17.2 Å². The molecule has 0 unspecified atom stereocenters. The van der Waals surface area contributed by atoms with Crippen LogP contribution in [0, 0.1) is 25.6 Å². The monoisotopic (exact) mass is 445 g/mol. The lowest BCUT2D eigenvalue weighted by Gasteiger charge is -2.31. The number of nitrogens with zero attached hydrogens (tertiary/aromatic N) is 1. The molecular weight excluding hydrogens is 417 g/mol. The lowest BCUT2D eigenvalue weighted by molar-refractivity contribution is -0.131. The smallest absolute Gasteiger partial charge is 0.256 e. The van der Waals surface area contributed by atoms with Gasteiger partial charge in [0.1, 0.15) is 5.82 Å². The fourth-order valence-corrected chi connectivity index (χ4v) is 4.53. The van der Waals surface area contributed by atoms with Crippen LogP contribution in [0.25, 0.3) is 11.6 Å². The van der Waals surface area contributed by atoms with Gasteiger partial charge in [-0.2, -0.15) is 0 Å². The number of aromatic nitrogens is 1. The summed E-state index contributed by atoms with van der Waals surface area (Å²) in [6.07, 6.45) is 5.44. The van der Waals surface area contributed by atoms with Gasteiger partial charge in [0.05, 0.1) is 12.0 Å². The van der Waals surface area contributed by atoms with Crippen LogP contribution in [0.1, 0.15) is 54.3 Å². The van der Waals surface area contributed by atoms with Crippen LogP contribution in [0.3, 0.4) is 0 Å². The van der Waals surface area contributed by atoms with Crippen molar-refractivity contribution in [1.82, 2.24) is 9.88 Å². The predicted octanol–water partition coefficient (Wildman–Crippen LogP) is 4.88. The van der Waals surface area contributed by atoms with Gasteiger partial charge in [-0.1, -0.05) is 13.3 Å². The van der Waals surface area contributed by atoms with E-state index < -0.39 is 0 Å². The number of aryl methyl sites for hydroxylation is 1. The Morgan fingerprint density at radius 1 is 1.26 bits per heavy atom. The molecule has 2 N–H and O–H groups in total. The molecule has 4 rings (SSSR count). The molecule has 0 aliphatic carbocycles. The summed E-state index contributed by atoms with van der Waals surface area (Å²) in [4.78, 5) is 30.6. The van der Waals surface area contributed by atoms with E-state index in [1.807, 2.05) is 18.7 Å². The number of carbonyl (C=O) groups excluding carboxylic acids is 2. The number of hydrogen-bond acceptors (Lipinski definition) is 2. The number of hydrogen-bond donors (Lipinski definition) is 2. The summed E-state index contributed by atoms with van der Waals surface area (Å²) in [6, 6.07) is 4.27. The van der Waals surface area contributed by atoms with Crippen molar-refractivity contribution in [3.63, 3.8) is 0 Å². The normalized spacial score (nSPS) is 17.5. The maximum absolute atomic E-state index is 13.7. The third-order valence-corrected chi connectivity index (χ3v) is 6.56. The van der Waals surface area contributed by atoms with E-state index in [9.17, 15) is 14.0 Å². The summed E-state index contributed by atoms with van der Waals surface area (Å²) in [5.74, 6) is 0.251. The standard InChI is InChI=1S/C24H28FN3O2.ClH/c1-4-16-7-9-28(10-8-16)23(29)13-18-14(2)22(26-15(18)3)12-20-19-11-17(25)5-6-21(19)27-24(20)30;/h5-6,11-12,16,26H,4,7-10,13H2,1-3H3,(H,27,30);1H/b20-12-;. The molecule has 31 heavy (non-hydrogen) atoms. The highest BCUT2D eigenvalue weighted by Crippen LogP contribution is 2.34. The molecule has 166 valence electrons. The summed E-state index contributed by atoms with van der Waals surface area (Å²) in [7, 11) is 0. The van der Waals surface area contributed by atoms with Crippen molar-refractivity contribution < 1.29 is 14.0 Å². The van der Waals surface area contributed by atoms with Crippen LogP contribution in [0.2, 0.25) is 0 Å². The second-order valence-electron chi connectivity index (χ2n) is 8.38. The maximum Gasteiger partial charge on any atom is 0.256 e. The number of carbonyl (C=O) groups is 2. The Hall–Kier alpha value is -2.60. The molecule has 2 aliphatic rings. The lowest BCUT2D eigenvalue weighted by Crippen LogP contribution is -2.39. The van der Waals surface area contributed by atoms with Crippen molar-refractivity contribution in [2.45, 2.75) is 46.5 Å². The molecular formula is C24H29ClFN3O2. The zero-order chi connectivity index (χ0) is 21.4. The van der Waals surface area contributed by atoms with E-state index >= 15 is 0 Å². The predicted molar refractivity (Wildman–Crippen MR) is 124 cm³/mol. The van der Waals surface area contributed by atoms with Gasteiger partial charge in [-0.25, -0.2) is 4.39 Å². The summed E-state index contributed by atoms with van der Waals surface area (Å²) in [5, 5.41) is 2.77. The summed E-state index contributed by atoms with van der Waals surface area (Å²) < 4.78 is 13.7. The molecule has 0 atom stereocenters. The number of aromatic amines is 1. The van der Waals surface area contributed by atoms with Crippen LogP contribution in [-0.2, 0) is 16.0 Å². The third-order valence-electron chi connectivity index (χ3n) is 6.56. The van der Waals surface area contributed by atoms with Gasteiger partial charge >= 0.3 is 0 Å². The second kappa shape index (κ2) is 9.27. The molecule has 1 saturated heterocycles. The molecule has 2 amide bonds. The van der Waals surface area contributed by atoms with Crippen molar-refractivity contribution in [2.75, 3.05) is 18.4 Å². The van der Waals surface area contributed by atoms with Gasteiger partial charge in [-0.15, -0.1) is 12.4 Å². The summed E-state index contributed by atoms with van der Waals surface area (Å²) >= 11 is 0. The number of rotatable bonds is 4. The Balaban J connectivity index is 0.00000272. The van der Waals surface area contributed by atoms with E-state index in [0.29, 0.717) is 23.2 Å². The van der Waals surface area contributed by atoms with Crippen LogP contribution in [-0.4, -0.2) is 34.8 Å². The molecule has 2 aliphatic heterocycles. The van der Waals surface area contributed by atoms with Gasteiger partial charge < -0.3 is 15.2 Å². The number of nitrogens with one attached hydrogen (secondary N) is 2. The van der Waals surface area contributed by atoms with Gasteiger partial charge in [0.25, 0.3) is 5.91 Å². The number of halogens is 2. The van der Waals surface area contributed by atoms with E-state index in [1.54, 1.807) is 12.1 Å². The number of benzene rings is 1. The van der Waals surface area contributed by atoms with Crippen molar-refractivity contribution in [3.05, 3.63) is 52.1 Å². The first-order valence-electron chi connectivity index (χ1n) is 10.7. The third kappa shape index (κ3) is 4.54. The first kappa shape index (κ1) is 23.1. The van der Waals surface area contributed by atoms with Crippen LogP contribution in [0.4, 0.5) is 10.1 Å². The number of likely N-dealkylation sites (tertiary alicyclic amines) is 1. The topological polar surface area (TPSA) is 65.2 Å². The van der Waals surface area contributed by atoms with Gasteiger partial charge in [0.15, 0.2) is 0 Å². The van der Waals surface area contributed by atoms with Gasteiger partial charge in [0.2, 0.25) is 5.91 Å². The number of anilines is 1. The quantitative estimate of drug-likeness (QED) is 0.659. The number of amides is 2. The Bertz CT molecular complexity index is 1040. The van der Waals surface area contributed by atoms with Crippen molar-refractivity contribution in [1.29, 1.82) is 0 Å². The Labute approximate surface area is 188 Å². The van der Waals surface area contributed by atoms with Gasteiger partial charge in [-0.3, -0.25) is 9.59 Å². The first-order chi connectivity index (χ1) is 14.4. The van der Waals surface area contributed by atoms with Crippen LogP contribution < -0.4 is 5.32 Å². The van der Waals surface area contributed by atoms with E-state index in [0.717, 1.165) is 54.4 Å². The Morgan fingerprint density at radius 2 is 1.97 bits per heavy atom. The minimum atomic E-state index is -0.381. The Kier molecular flexibility index (Phi) is 6.90. The average molecular weight is 446 g/mol. The molecule has 0 saturated carbocycles. The van der Waals surface area contributed by atoms with Gasteiger partial charge in [0, 0.05) is 35.7 Å². The highest BCUT2D eigenvalue weighted by molar-refractivity contribution is 6.34. The minimum Gasteiger partial charge on any atom is -0.359 e. The Morgan fingerprint density at radius 3 is 2.65 bits per heavy atom. The summed E-state index contributed by atoms with van der Waals surface area (Å²) in [5.41, 5.74) is 5.23. The fraction of sp³-hybridized carbons (Fsp3) is 0.417. The molecule has 0 spiro atoms. The van der Waals surface area contributed by atoms with Crippen LogP contribution >= 0.6 is 12.4 Å². The van der Waals surface area contributed by atoms with Crippen molar-refractivity contribution in [3.8, 4) is 0 Å². The number of H-pyrrole nitrogens is 1. The largest absolute Gasteiger partial charge is 0.359 e. The van der Waals surface area contributed by atoms with Crippen LogP contribution in [0.15, 0.2) is 18.2 Å². The zero-order valence-electron chi connectivity index (χ0n) is 18.2. The molecule has 3 heterocycles. The minimum absolute atomic E-state index is 0. The van der Waals surface area contributed by atoms with E-state index in [1.165, 1.54) is 18.6 Å². The summed E-state index contributed by atoms with van der Waals surface area (Å²) in [6.45, 7) is 7.78. The highest BCUT2D eigenvalue weighted by atomic mass is 35.5. The number of fused-ring (bicyclic) bond motifs is 1. The maximum atomic E-state index is 13.7. The van der Waals surface area contributed by atoms with Gasteiger partial charge in [-0.05, 0) is 68.0 Å². The van der Waals surface area contributed by atoms with Crippen molar-refractivity contribution in [2.24, 2.45) is 5.92 Å². The lowest BCUT2D eigenvalue weighted by atomic mass is 9.94. The molecule has 1 aromatic carbocycles.